The van der Waals surface area contributed by atoms with Crippen molar-refractivity contribution in [3.05, 3.63) is 23.9 Å². The number of fused-ring (bicyclic) bond motifs is 1. The SMILES string of the molecule is CCOC(=O)c1[nH]c2ccc(OC)cc2c1NC(=O)CN1CCCC(C(=O)OCC)C1. The predicted octanol–water partition coefficient (Wildman–Crippen LogP) is 2.57. The summed E-state index contributed by atoms with van der Waals surface area (Å²) in [5, 5.41) is 3.51. The smallest absolute Gasteiger partial charge is 0.356 e. The number of piperidine rings is 1. The van der Waals surface area contributed by atoms with Gasteiger partial charge in [-0.1, -0.05) is 0 Å². The second-order valence-corrected chi connectivity index (χ2v) is 7.38. The van der Waals surface area contributed by atoms with E-state index in [-0.39, 0.29) is 36.6 Å². The summed E-state index contributed by atoms with van der Waals surface area (Å²) in [6.07, 6.45) is 1.57. The van der Waals surface area contributed by atoms with Crippen molar-refractivity contribution in [2.24, 2.45) is 5.92 Å². The Bertz CT molecular complexity index is 954. The first-order valence-corrected chi connectivity index (χ1v) is 10.5. The van der Waals surface area contributed by atoms with Crippen molar-refractivity contribution in [3.63, 3.8) is 0 Å². The fraction of sp³-hybridized carbons (Fsp3) is 0.500. The largest absolute Gasteiger partial charge is 0.497 e. The quantitative estimate of drug-likeness (QED) is 0.618. The highest BCUT2D eigenvalue weighted by Crippen LogP contribution is 2.31. The van der Waals surface area contributed by atoms with Crippen LogP contribution in [0.2, 0.25) is 0 Å². The Kier molecular flexibility index (Phi) is 7.51. The van der Waals surface area contributed by atoms with Crippen molar-refractivity contribution in [2.75, 3.05) is 45.3 Å². The number of anilines is 1. The second-order valence-electron chi connectivity index (χ2n) is 7.38. The van der Waals surface area contributed by atoms with Gasteiger partial charge in [-0.05, 0) is 51.4 Å². The molecule has 1 amide bonds. The fourth-order valence-electron chi connectivity index (χ4n) is 3.82. The van der Waals surface area contributed by atoms with Gasteiger partial charge in [0.1, 0.15) is 11.4 Å². The first-order valence-electron chi connectivity index (χ1n) is 10.5. The van der Waals surface area contributed by atoms with E-state index in [2.05, 4.69) is 10.3 Å². The minimum Gasteiger partial charge on any atom is -0.497 e. The molecule has 1 aliphatic rings. The summed E-state index contributed by atoms with van der Waals surface area (Å²) in [4.78, 5) is 42.3. The van der Waals surface area contributed by atoms with Gasteiger partial charge in [0.15, 0.2) is 0 Å². The van der Waals surface area contributed by atoms with Crippen LogP contribution in [0.1, 0.15) is 37.2 Å². The predicted molar refractivity (Wildman–Crippen MR) is 115 cm³/mol. The van der Waals surface area contributed by atoms with Crippen molar-refractivity contribution in [1.82, 2.24) is 9.88 Å². The van der Waals surface area contributed by atoms with Gasteiger partial charge in [0.05, 0.1) is 38.5 Å². The van der Waals surface area contributed by atoms with Crippen LogP contribution in [0.25, 0.3) is 10.9 Å². The lowest BCUT2D eigenvalue weighted by Crippen LogP contribution is -2.43. The van der Waals surface area contributed by atoms with Gasteiger partial charge in [-0.2, -0.15) is 0 Å². The van der Waals surface area contributed by atoms with Crippen LogP contribution >= 0.6 is 0 Å². The molecule has 2 aromatic rings. The van der Waals surface area contributed by atoms with Crippen molar-refractivity contribution >= 4 is 34.4 Å². The number of hydrogen-bond donors (Lipinski definition) is 2. The van der Waals surface area contributed by atoms with Crippen molar-refractivity contribution in [1.29, 1.82) is 0 Å². The minimum absolute atomic E-state index is 0.106. The van der Waals surface area contributed by atoms with E-state index >= 15 is 0 Å². The summed E-state index contributed by atoms with van der Waals surface area (Å²) < 4.78 is 15.5. The number of ether oxygens (including phenoxy) is 3. The normalized spacial score (nSPS) is 16.7. The van der Waals surface area contributed by atoms with Gasteiger partial charge in [-0.15, -0.1) is 0 Å². The Hall–Kier alpha value is -3.07. The van der Waals surface area contributed by atoms with Gasteiger partial charge >= 0.3 is 11.9 Å². The highest BCUT2D eigenvalue weighted by atomic mass is 16.5. The number of aromatic nitrogens is 1. The molecule has 9 heteroatoms. The van der Waals surface area contributed by atoms with E-state index in [0.29, 0.717) is 35.5 Å². The number of amides is 1. The van der Waals surface area contributed by atoms with E-state index in [4.69, 9.17) is 14.2 Å². The van der Waals surface area contributed by atoms with E-state index in [1.807, 2.05) is 4.90 Å². The number of likely N-dealkylation sites (tertiary alicyclic amines) is 1. The van der Waals surface area contributed by atoms with Crippen LogP contribution in [-0.4, -0.2) is 67.7 Å². The maximum atomic E-state index is 12.8. The number of rotatable bonds is 8. The van der Waals surface area contributed by atoms with Crippen LogP contribution in [-0.2, 0) is 19.1 Å². The Balaban J connectivity index is 1.78. The molecular weight excluding hydrogens is 402 g/mol. The molecular formula is C22H29N3O6. The average molecular weight is 431 g/mol. The molecule has 1 unspecified atom stereocenters. The Labute approximate surface area is 181 Å². The number of carbonyl (C=O) groups is 3. The molecule has 0 aliphatic carbocycles. The molecule has 3 rings (SSSR count). The zero-order valence-corrected chi connectivity index (χ0v) is 18.2. The highest BCUT2D eigenvalue weighted by molar-refractivity contribution is 6.11. The molecule has 1 saturated heterocycles. The number of hydrogen-bond acceptors (Lipinski definition) is 7. The molecule has 1 fully saturated rings. The van der Waals surface area contributed by atoms with Crippen molar-refractivity contribution in [3.8, 4) is 5.75 Å². The zero-order chi connectivity index (χ0) is 22.4. The lowest BCUT2D eigenvalue weighted by Gasteiger charge is -2.30. The minimum atomic E-state index is -0.548. The average Bonchev–Trinajstić information content (AvgIpc) is 3.11. The molecule has 168 valence electrons. The lowest BCUT2D eigenvalue weighted by atomic mass is 9.98. The van der Waals surface area contributed by atoms with Crippen LogP contribution in [0.4, 0.5) is 5.69 Å². The molecule has 0 spiro atoms. The Morgan fingerprint density at radius 1 is 1.19 bits per heavy atom. The third-order valence-corrected chi connectivity index (χ3v) is 5.24. The van der Waals surface area contributed by atoms with Crippen molar-refractivity contribution in [2.45, 2.75) is 26.7 Å². The molecule has 1 atom stereocenters. The van der Waals surface area contributed by atoms with Crippen molar-refractivity contribution < 1.29 is 28.6 Å². The highest BCUT2D eigenvalue weighted by Gasteiger charge is 2.28. The number of nitrogens with zero attached hydrogens (tertiary/aromatic N) is 1. The van der Waals surface area contributed by atoms with Crippen LogP contribution in [0, 0.1) is 5.92 Å². The first kappa shape index (κ1) is 22.6. The van der Waals surface area contributed by atoms with Gasteiger partial charge in [0, 0.05) is 17.4 Å². The zero-order valence-electron chi connectivity index (χ0n) is 18.2. The molecule has 0 radical (unpaired) electrons. The van der Waals surface area contributed by atoms with Crippen LogP contribution in [0.5, 0.6) is 5.75 Å². The number of esters is 2. The second kappa shape index (κ2) is 10.3. The van der Waals surface area contributed by atoms with Gasteiger partial charge in [0.25, 0.3) is 0 Å². The standard InChI is InChI=1S/C22H29N3O6/c1-4-30-21(27)14-7-6-10-25(12-14)13-18(26)24-19-16-11-15(29-3)8-9-17(16)23-20(19)22(28)31-5-2/h8-9,11,14,23H,4-7,10,12-13H2,1-3H3,(H,24,26). The van der Waals surface area contributed by atoms with E-state index in [1.165, 1.54) is 0 Å². The maximum Gasteiger partial charge on any atom is 0.356 e. The summed E-state index contributed by atoms with van der Waals surface area (Å²) >= 11 is 0. The molecule has 2 heterocycles. The molecule has 2 N–H and O–H groups in total. The first-order chi connectivity index (χ1) is 15.0. The Morgan fingerprint density at radius 3 is 2.68 bits per heavy atom. The van der Waals surface area contributed by atoms with E-state index in [0.717, 1.165) is 19.4 Å². The Morgan fingerprint density at radius 2 is 1.97 bits per heavy atom. The van der Waals surface area contributed by atoms with E-state index in [9.17, 15) is 14.4 Å². The molecule has 0 bridgehead atoms. The number of nitrogens with one attached hydrogen (secondary N) is 2. The third-order valence-electron chi connectivity index (χ3n) is 5.24. The monoisotopic (exact) mass is 431 g/mol. The summed E-state index contributed by atoms with van der Waals surface area (Å²) in [5.74, 6) is -0.673. The fourth-order valence-corrected chi connectivity index (χ4v) is 3.82. The lowest BCUT2D eigenvalue weighted by molar-refractivity contribution is -0.150. The van der Waals surface area contributed by atoms with E-state index in [1.54, 1.807) is 39.2 Å². The molecule has 1 aromatic heterocycles. The van der Waals surface area contributed by atoms with Gasteiger partial charge in [-0.3, -0.25) is 14.5 Å². The number of carbonyl (C=O) groups excluding carboxylic acids is 3. The number of benzene rings is 1. The van der Waals surface area contributed by atoms with Crippen LogP contribution in [0.3, 0.4) is 0 Å². The molecule has 9 nitrogen and oxygen atoms in total. The van der Waals surface area contributed by atoms with E-state index < -0.39 is 5.97 Å². The topological polar surface area (TPSA) is 110 Å². The molecule has 1 aromatic carbocycles. The summed E-state index contributed by atoms with van der Waals surface area (Å²) in [6, 6.07) is 5.30. The molecule has 31 heavy (non-hydrogen) atoms. The number of methoxy groups -OCH3 is 1. The summed E-state index contributed by atoms with van der Waals surface area (Å²) in [6.45, 7) is 5.36. The number of aromatic amines is 1. The van der Waals surface area contributed by atoms with Crippen LogP contribution < -0.4 is 10.1 Å². The van der Waals surface area contributed by atoms with Gasteiger partial charge in [0.2, 0.25) is 5.91 Å². The molecule has 1 aliphatic heterocycles. The molecule has 0 saturated carbocycles. The number of H-pyrrole nitrogens is 1. The maximum absolute atomic E-state index is 12.8. The third kappa shape index (κ3) is 5.35. The van der Waals surface area contributed by atoms with Gasteiger partial charge < -0.3 is 24.5 Å². The van der Waals surface area contributed by atoms with Gasteiger partial charge in [-0.25, -0.2) is 4.79 Å². The van der Waals surface area contributed by atoms with Crippen LogP contribution in [0.15, 0.2) is 18.2 Å². The summed E-state index contributed by atoms with van der Waals surface area (Å²) in [7, 11) is 1.55. The summed E-state index contributed by atoms with van der Waals surface area (Å²) in [5.41, 5.74) is 1.22.